The van der Waals surface area contributed by atoms with Crippen LogP contribution in [-0.4, -0.2) is 42.1 Å². The Bertz CT molecular complexity index is 1340. The maximum absolute atomic E-state index is 13.3. The topological polar surface area (TPSA) is 137 Å². The first-order valence-electron chi connectivity index (χ1n) is 10.9. The molecule has 1 atom stereocenters. The smallest absolute Gasteiger partial charge is 0.267 e. The molecule has 180 valence electrons. The minimum atomic E-state index is -0.825. The number of ketones is 1. The molecule has 3 aromatic rings. The van der Waals surface area contributed by atoms with Crippen molar-refractivity contribution in [2.75, 3.05) is 20.8 Å². The number of primary amides is 1. The second kappa shape index (κ2) is 11.2. The second-order valence-corrected chi connectivity index (χ2v) is 8.02. The summed E-state index contributed by atoms with van der Waals surface area (Å²) in [6.45, 7) is 2.14. The van der Waals surface area contributed by atoms with Crippen molar-refractivity contribution < 1.29 is 19.1 Å². The third-order valence-electron chi connectivity index (χ3n) is 5.61. The van der Waals surface area contributed by atoms with E-state index < -0.39 is 17.5 Å². The van der Waals surface area contributed by atoms with E-state index in [1.54, 1.807) is 12.1 Å². The Morgan fingerprint density at radius 3 is 2.54 bits per heavy atom. The van der Waals surface area contributed by atoms with Gasteiger partial charge in [-0.25, -0.2) is 0 Å². The summed E-state index contributed by atoms with van der Waals surface area (Å²) in [4.78, 5) is 41.7. The minimum absolute atomic E-state index is 0.00656. The van der Waals surface area contributed by atoms with Crippen molar-refractivity contribution >= 4 is 11.7 Å². The first kappa shape index (κ1) is 25.3. The van der Waals surface area contributed by atoms with Crippen molar-refractivity contribution in [3.63, 3.8) is 0 Å². The molecule has 1 amide bonds. The maximum atomic E-state index is 13.3. The van der Waals surface area contributed by atoms with E-state index in [2.05, 4.69) is 11.1 Å². The molecule has 2 aromatic heterocycles. The molecule has 35 heavy (non-hydrogen) atoms. The van der Waals surface area contributed by atoms with Crippen molar-refractivity contribution in [2.45, 2.75) is 25.8 Å². The molecule has 9 heteroatoms. The lowest BCUT2D eigenvalue weighted by atomic mass is 9.97. The standard InChI is InChI=1S/C26H26N4O5/c1-16-4-6-18(13-27)19(10-16)20-12-25(32)30(15-24(20)35-3)22(8-9-34-2)23(31)11-17-5-7-21(26(28)33)29-14-17/h4-7,10,12,14-15,22H,8-9,11H2,1-3H3,(H2,28,33). The zero-order valence-electron chi connectivity index (χ0n) is 19.8. The SMILES string of the molecule is COCCC(C(=O)Cc1ccc(C(N)=O)nc1)n1cc(OC)c(-c2cc(C)ccc2C#N)cc1=O. The van der Waals surface area contributed by atoms with Gasteiger partial charge in [0.15, 0.2) is 5.78 Å². The lowest BCUT2D eigenvalue weighted by Gasteiger charge is -2.21. The predicted molar refractivity (Wildman–Crippen MR) is 129 cm³/mol. The molecule has 0 spiro atoms. The van der Waals surface area contributed by atoms with Crippen LogP contribution in [0.5, 0.6) is 5.75 Å². The summed E-state index contributed by atoms with van der Waals surface area (Å²) < 4.78 is 12.1. The molecule has 2 heterocycles. The molecule has 0 aliphatic carbocycles. The van der Waals surface area contributed by atoms with Gasteiger partial charge < -0.3 is 19.8 Å². The Labute approximate surface area is 202 Å². The number of nitrogens with two attached hydrogens (primary N) is 1. The molecule has 0 bridgehead atoms. The third kappa shape index (κ3) is 5.80. The van der Waals surface area contributed by atoms with E-state index in [-0.39, 0.29) is 30.9 Å². The van der Waals surface area contributed by atoms with Gasteiger partial charge in [0.1, 0.15) is 11.4 Å². The zero-order valence-corrected chi connectivity index (χ0v) is 19.8. The number of methoxy groups -OCH3 is 2. The van der Waals surface area contributed by atoms with E-state index in [1.807, 2.05) is 19.1 Å². The van der Waals surface area contributed by atoms with Crippen molar-refractivity contribution in [1.29, 1.82) is 5.26 Å². The lowest BCUT2D eigenvalue weighted by Crippen LogP contribution is -2.31. The van der Waals surface area contributed by atoms with Gasteiger partial charge in [0.05, 0.1) is 31.0 Å². The molecule has 0 saturated heterocycles. The molecule has 0 fully saturated rings. The molecule has 0 radical (unpaired) electrons. The molecule has 3 rings (SSSR count). The summed E-state index contributed by atoms with van der Waals surface area (Å²) in [5.74, 6) is -0.539. The van der Waals surface area contributed by atoms with Crippen LogP contribution in [0, 0.1) is 18.3 Å². The Morgan fingerprint density at radius 2 is 1.94 bits per heavy atom. The maximum Gasteiger partial charge on any atom is 0.267 e. The molecule has 0 saturated carbocycles. The Hall–Kier alpha value is -4.29. The average Bonchev–Trinajstić information content (AvgIpc) is 2.85. The highest BCUT2D eigenvalue weighted by molar-refractivity contribution is 5.91. The van der Waals surface area contributed by atoms with Crippen LogP contribution < -0.4 is 16.0 Å². The average molecular weight is 475 g/mol. The second-order valence-electron chi connectivity index (χ2n) is 8.02. The van der Waals surface area contributed by atoms with Gasteiger partial charge in [-0.3, -0.25) is 19.4 Å². The highest BCUT2D eigenvalue weighted by Gasteiger charge is 2.24. The number of aromatic nitrogens is 2. The van der Waals surface area contributed by atoms with Gasteiger partial charge in [-0.1, -0.05) is 17.7 Å². The largest absolute Gasteiger partial charge is 0.495 e. The first-order valence-corrected chi connectivity index (χ1v) is 10.9. The van der Waals surface area contributed by atoms with E-state index in [9.17, 15) is 19.6 Å². The summed E-state index contributed by atoms with van der Waals surface area (Å²) in [7, 11) is 2.98. The fraction of sp³-hybridized carbons (Fsp3) is 0.269. The number of Topliss-reactive ketones (excluding diaryl/α,β-unsaturated/α-hetero) is 1. The van der Waals surface area contributed by atoms with E-state index in [1.165, 1.54) is 43.3 Å². The van der Waals surface area contributed by atoms with Crippen molar-refractivity contribution in [3.05, 3.63) is 81.5 Å². The molecule has 0 aliphatic rings. The van der Waals surface area contributed by atoms with Gasteiger partial charge >= 0.3 is 0 Å². The summed E-state index contributed by atoms with van der Waals surface area (Å²) in [6, 6.07) is 11.1. The van der Waals surface area contributed by atoms with Crippen LogP contribution in [0.2, 0.25) is 0 Å². The van der Waals surface area contributed by atoms with Gasteiger partial charge in [-0.2, -0.15) is 5.26 Å². The fourth-order valence-corrected chi connectivity index (χ4v) is 3.80. The molecular weight excluding hydrogens is 448 g/mol. The number of carbonyl (C=O) groups is 2. The number of pyridine rings is 2. The summed E-state index contributed by atoms with van der Waals surface area (Å²) >= 11 is 0. The Kier molecular flexibility index (Phi) is 8.12. The van der Waals surface area contributed by atoms with Crippen molar-refractivity contribution in [2.24, 2.45) is 5.73 Å². The quantitative estimate of drug-likeness (QED) is 0.477. The van der Waals surface area contributed by atoms with Crippen LogP contribution in [0.15, 0.2) is 53.6 Å². The molecule has 1 unspecified atom stereocenters. The van der Waals surface area contributed by atoms with Crippen LogP contribution in [-0.2, 0) is 16.0 Å². The number of amides is 1. The number of hydrogen-bond acceptors (Lipinski definition) is 7. The monoisotopic (exact) mass is 474 g/mol. The minimum Gasteiger partial charge on any atom is -0.495 e. The Morgan fingerprint density at radius 1 is 1.17 bits per heavy atom. The van der Waals surface area contributed by atoms with Gasteiger partial charge in [0, 0.05) is 43.5 Å². The normalized spacial score (nSPS) is 11.5. The zero-order chi connectivity index (χ0) is 25.5. The number of rotatable bonds is 10. The van der Waals surface area contributed by atoms with Crippen LogP contribution in [0.4, 0.5) is 0 Å². The highest BCUT2D eigenvalue weighted by atomic mass is 16.5. The number of aryl methyl sites for hydroxylation is 1. The van der Waals surface area contributed by atoms with Gasteiger partial charge in [0.25, 0.3) is 11.5 Å². The number of hydrogen-bond donors (Lipinski definition) is 1. The predicted octanol–water partition coefficient (Wildman–Crippen LogP) is 2.59. The van der Waals surface area contributed by atoms with Crippen LogP contribution in [0.3, 0.4) is 0 Å². The number of nitrogens with zero attached hydrogens (tertiary/aromatic N) is 3. The first-order chi connectivity index (χ1) is 16.8. The molecule has 1 aromatic carbocycles. The van der Waals surface area contributed by atoms with Gasteiger partial charge in [-0.15, -0.1) is 0 Å². The number of ether oxygens (including phenoxy) is 2. The molecule has 2 N–H and O–H groups in total. The third-order valence-corrected chi connectivity index (χ3v) is 5.61. The van der Waals surface area contributed by atoms with E-state index in [0.717, 1.165) is 5.56 Å². The number of nitriles is 1. The van der Waals surface area contributed by atoms with Crippen LogP contribution in [0.1, 0.15) is 39.6 Å². The van der Waals surface area contributed by atoms with E-state index in [0.29, 0.717) is 28.0 Å². The van der Waals surface area contributed by atoms with E-state index in [4.69, 9.17) is 15.2 Å². The Balaban J connectivity index is 2.02. The lowest BCUT2D eigenvalue weighted by molar-refractivity contribution is -0.122. The molecule has 0 aliphatic heterocycles. The van der Waals surface area contributed by atoms with Crippen LogP contribution in [0.25, 0.3) is 11.1 Å². The van der Waals surface area contributed by atoms with Gasteiger partial charge in [-0.05, 0) is 37.1 Å². The summed E-state index contributed by atoms with van der Waals surface area (Å²) in [6.07, 6.45) is 3.17. The number of benzene rings is 1. The van der Waals surface area contributed by atoms with Crippen molar-refractivity contribution in [1.82, 2.24) is 9.55 Å². The summed E-state index contributed by atoms with van der Waals surface area (Å²) in [5.41, 5.74) is 7.87. The number of carbonyl (C=O) groups excluding carboxylic acids is 2. The highest BCUT2D eigenvalue weighted by Crippen LogP contribution is 2.32. The molecular formula is C26H26N4O5. The van der Waals surface area contributed by atoms with Crippen LogP contribution >= 0.6 is 0 Å². The molecule has 9 nitrogen and oxygen atoms in total. The van der Waals surface area contributed by atoms with E-state index >= 15 is 0 Å². The van der Waals surface area contributed by atoms with Crippen molar-refractivity contribution in [3.8, 4) is 22.9 Å². The van der Waals surface area contributed by atoms with Gasteiger partial charge in [0.2, 0.25) is 0 Å². The fourth-order valence-electron chi connectivity index (χ4n) is 3.80. The summed E-state index contributed by atoms with van der Waals surface area (Å²) in [5, 5.41) is 9.54.